The summed E-state index contributed by atoms with van der Waals surface area (Å²) < 4.78 is 21.8. The van der Waals surface area contributed by atoms with Crippen molar-refractivity contribution in [3.63, 3.8) is 0 Å². The van der Waals surface area contributed by atoms with E-state index in [1.54, 1.807) is 19.1 Å². The molecule has 1 aromatic carbocycles. The number of halogens is 1. The van der Waals surface area contributed by atoms with Gasteiger partial charge in [-0.05, 0) is 49.4 Å². The van der Waals surface area contributed by atoms with Gasteiger partial charge in [-0.15, -0.1) is 5.10 Å². The molecule has 2 aliphatic heterocycles. The van der Waals surface area contributed by atoms with Crippen LogP contribution in [0.3, 0.4) is 0 Å². The lowest BCUT2D eigenvalue weighted by atomic mass is 9.97. The molecule has 5 rings (SSSR count). The van der Waals surface area contributed by atoms with Gasteiger partial charge in [-0.1, -0.05) is 26.0 Å². The number of carbonyl (C=O) groups excluding carboxylic acids is 2. The zero-order valence-corrected chi connectivity index (χ0v) is 22.0. The zero-order valence-electron chi connectivity index (χ0n) is 22.0. The molecule has 2 N–H and O–H groups in total. The summed E-state index contributed by atoms with van der Waals surface area (Å²) in [5.41, 5.74) is 2.56. The van der Waals surface area contributed by atoms with Crippen LogP contribution in [0.15, 0.2) is 36.7 Å². The Balaban J connectivity index is 1.31. The average molecular weight is 522 g/mol. The van der Waals surface area contributed by atoms with Crippen molar-refractivity contribution >= 4 is 23.2 Å². The Bertz CT molecular complexity index is 1350. The number of anilines is 2. The number of hydrogen-bond acceptors (Lipinski definition) is 7. The smallest absolute Gasteiger partial charge is 0.273 e. The number of pyridine rings is 1. The number of ether oxygens (including phenoxy) is 1. The van der Waals surface area contributed by atoms with E-state index in [1.165, 1.54) is 29.2 Å². The number of nitrogens with one attached hydrogen (secondary N) is 2. The first-order chi connectivity index (χ1) is 18.0. The predicted molar refractivity (Wildman–Crippen MR) is 140 cm³/mol. The Morgan fingerprint density at radius 1 is 1.11 bits per heavy atom. The lowest BCUT2D eigenvalue weighted by Gasteiger charge is -2.34. The first-order valence-electron chi connectivity index (χ1n) is 12.7. The van der Waals surface area contributed by atoms with Gasteiger partial charge in [0.15, 0.2) is 5.69 Å². The molecule has 2 atom stereocenters. The molecule has 2 aliphatic rings. The fraction of sp³-hybridized carbons (Fsp3) is 0.444. The van der Waals surface area contributed by atoms with Crippen LogP contribution in [0.2, 0.25) is 0 Å². The molecule has 0 spiro atoms. The second-order valence-corrected chi connectivity index (χ2v) is 11.1. The molecule has 2 aromatic heterocycles. The Morgan fingerprint density at radius 3 is 2.55 bits per heavy atom. The van der Waals surface area contributed by atoms with Crippen molar-refractivity contribution in [2.45, 2.75) is 52.7 Å². The number of rotatable bonds is 6. The fourth-order valence-corrected chi connectivity index (χ4v) is 4.66. The minimum atomic E-state index is -0.478. The molecule has 2 saturated heterocycles. The topological polar surface area (TPSA) is 114 Å². The number of morpholine rings is 1. The molecule has 2 fully saturated rings. The molecule has 200 valence electrons. The highest BCUT2D eigenvalue weighted by Gasteiger charge is 2.34. The molecule has 2 bridgehead atoms. The van der Waals surface area contributed by atoms with E-state index in [4.69, 9.17) is 4.74 Å². The number of hydrogen-bond donors (Lipinski definition) is 2. The number of fused-ring (bicyclic) bond motifs is 2. The monoisotopic (exact) mass is 521 g/mol. The average Bonchev–Trinajstić information content (AvgIpc) is 3.49. The number of amides is 2. The van der Waals surface area contributed by atoms with Crippen molar-refractivity contribution in [3.05, 3.63) is 59.4 Å². The van der Waals surface area contributed by atoms with E-state index in [1.807, 2.05) is 20.8 Å². The van der Waals surface area contributed by atoms with E-state index >= 15 is 0 Å². The third-order valence-electron chi connectivity index (χ3n) is 6.62. The summed E-state index contributed by atoms with van der Waals surface area (Å²) >= 11 is 0. The molecule has 0 unspecified atom stereocenters. The molecular formula is C27H32FN7O3. The standard InChI is InChI=1S/C27H32FN7O3/c1-16-24(35-14-23(32-33-35)26(37)30-15-27(2,3)4)10-19(11-29-16)31-25(36)17-7-18(28)9-20(8-17)34-12-21-5-6-22(13-34)38-21/h7-11,14,21-22H,5-6,12-13,15H2,1-4H3,(H,30,37)(H,31,36)/t21-,22+. The highest BCUT2D eigenvalue weighted by molar-refractivity contribution is 6.05. The third kappa shape index (κ3) is 5.83. The zero-order chi connectivity index (χ0) is 27.0. The van der Waals surface area contributed by atoms with Gasteiger partial charge in [0.25, 0.3) is 11.8 Å². The number of benzene rings is 1. The van der Waals surface area contributed by atoms with Gasteiger partial charge in [-0.25, -0.2) is 9.07 Å². The van der Waals surface area contributed by atoms with Crippen LogP contribution in [0.25, 0.3) is 5.69 Å². The summed E-state index contributed by atoms with van der Waals surface area (Å²) in [5.74, 6) is -1.26. The van der Waals surface area contributed by atoms with Gasteiger partial charge in [0.1, 0.15) is 5.82 Å². The summed E-state index contributed by atoms with van der Waals surface area (Å²) in [5, 5.41) is 13.7. The van der Waals surface area contributed by atoms with Gasteiger partial charge >= 0.3 is 0 Å². The van der Waals surface area contributed by atoms with Crippen LogP contribution < -0.4 is 15.5 Å². The second kappa shape index (κ2) is 10.1. The summed E-state index contributed by atoms with van der Waals surface area (Å²) in [7, 11) is 0. The molecule has 0 saturated carbocycles. The molecule has 3 aromatic rings. The van der Waals surface area contributed by atoms with E-state index in [0.717, 1.165) is 12.8 Å². The SMILES string of the molecule is Cc1ncc(NC(=O)c2cc(F)cc(N3C[C@H]4CC[C@@H](C3)O4)c2)cc1-n1cc(C(=O)NCC(C)(C)C)nn1. The molecular weight excluding hydrogens is 489 g/mol. The Kier molecular flexibility index (Phi) is 6.87. The van der Waals surface area contributed by atoms with E-state index in [0.29, 0.717) is 42.4 Å². The van der Waals surface area contributed by atoms with Crippen LogP contribution in [-0.2, 0) is 4.74 Å². The van der Waals surface area contributed by atoms with Gasteiger partial charge in [-0.2, -0.15) is 0 Å². The van der Waals surface area contributed by atoms with Crippen LogP contribution in [0.5, 0.6) is 0 Å². The van der Waals surface area contributed by atoms with Crippen molar-refractivity contribution in [2.75, 3.05) is 29.9 Å². The van der Waals surface area contributed by atoms with Crippen molar-refractivity contribution in [1.29, 1.82) is 0 Å². The first kappa shape index (κ1) is 25.8. The normalized spacial score (nSPS) is 18.9. The highest BCUT2D eigenvalue weighted by atomic mass is 19.1. The number of aryl methyl sites for hydroxylation is 1. The van der Waals surface area contributed by atoms with Crippen LogP contribution in [0, 0.1) is 18.2 Å². The van der Waals surface area contributed by atoms with Crippen LogP contribution in [0.4, 0.5) is 15.8 Å². The van der Waals surface area contributed by atoms with Crippen LogP contribution in [-0.4, -0.2) is 63.6 Å². The van der Waals surface area contributed by atoms with Crippen molar-refractivity contribution in [3.8, 4) is 5.69 Å². The van der Waals surface area contributed by atoms with Gasteiger partial charge in [0.2, 0.25) is 0 Å². The summed E-state index contributed by atoms with van der Waals surface area (Å²) in [6, 6.07) is 6.06. The summed E-state index contributed by atoms with van der Waals surface area (Å²) in [6.45, 7) is 9.72. The minimum absolute atomic E-state index is 0.0665. The third-order valence-corrected chi connectivity index (χ3v) is 6.62. The lowest BCUT2D eigenvalue weighted by Crippen LogP contribution is -2.42. The number of aromatic nitrogens is 4. The van der Waals surface area contributed by atoms with Crippen molar-refractivity contribution in [2.24, 2.45) is 5.41 Å². The second-order valence-electron chi connectivity index (χ2n) is 11.1. The number of nitrogens with zero attached hydrogens (tertiary/aromatic N) is 5. The quantitative estimate of drug-likeness (QED) is 0.510. The Hall–Kier alpha value is -3.86. The van der Waals surface area contributed by atoms with E-state index < -0.39 is 11.7 Å². The number of carbonyl (C=O) groups is 2. The minimum Gasteiger partial charge on any atom is -0.371 e. The largest absolute Gasteiger partial charge is 0.371 e. The van der Waals surface area contributed by atoms with Crippen molar-refractivity contribution < 1.29 is 18.7 Å². The molecule has 38 heavy (non-hydrogen) atoms. The molecule has 0 aliphatic carbocycles. The maximum atomic E-state index is 14.5. The Morgan fingerprint density at radius 2 is 1.84 bits per heavy atom. The fourth-order valence-electron chi connectivity index (χ4n) is 4.66. The van der Waals surface area contributed by atoms with Gasteiger partial charge in [0, 0.05) is 30.9 Å². The maximum Gasteiger partial charge on any atom is 0.273 e. The molecule has 2 amide bonds. The molecule has 10 nitrogen and oxygen atoms in total. The predicted octanol–water partition coefficient (Wildman–Crippen LogP) is 3.51. The maximum absolute atomic E-state index is 14.5. The first-order valence-corrected chi connectivity index (χ1v) is 12.7. The van der Waals surface area contributed by atoms with E-state index in [-0.39, 0.29) is 34.8 Å². The van der Waals surface area contributed by atoms with Crippen LogP contribution >= 0.6 is 0 Å². The van der Waals surface area contributed by atoms with E-state index in [2.05, 4.69) is 30.8 Å². The summed E-state index contributed by atoms with van der Waals surface area (Å²) in [4.78, 5) is 32.0. The highest BCUT2D eigenvalue weighted by Crippen LogP contribution is 2.30. The van der Waals surface area contributed by atoms with Crippen molar-refractivity contribution in [1.82, 2.24) is 25.3 Å². The van der Waals surface area contributed by atoms with Crippen LogP contribution in [0.1, 0.15) is 60.2 Å². The van der Waals surface area contributed by atoms with Gasteiger partial charge in [0.05, 0.1) is 41.7 Å². The van der Waals surface area contributed by atoms with Gasteiger partial charge in [-0.3, -0.25) is 14.6 Å². The van der Waals surface area contributed by atoms with Gasteiger partial charge < -0.3 is 20.3 Å². The lowest BCUT2D eigenvalue weighted by molar-refractivity contribution is 0.0305. The molecule has 11 heteroatoms. The molecule has 0 radical (unpaired) electrons. The van der Waals surface area contributed by atoms with E-state index in [9.17, 15) is 14.0 Å². The summed E-state index contributed by atoms with van der Waals surface area (Å²) in [6.07, 6.45) is 5.33. The molecule has 4 heterocycles. The Labute approximate surface area is 220 Å².